The average Bonchev–Trinajstić information content (AvgIpc) is 2.57. The van der Waals surface area contributed by atoms with Crippen molar-refractivity contribution in [1.82, 2.24) is 4.98 Å². The molecule has 1 atom stereocenters. The van der Waals surface area contributed by atoms with Gasteiger partial charge < -0.3 is 9.47 Å². The molecule has 24 heavy (non-hydrogen) atoms. The molecular weight excluding hydrogens is 330 g/mol. The first-order valence-corrected chi connectivity index (χ1v) is 7.79. The van der Waals surface area contributed by atoms with Crippen molar-refractivity contribution in [2.75, 3.05) is 7.11 Å². The van der Waals surface area contributed by atoms with Crippen molar-refractivity contribution in [2.24, 2.45) is 0 Å². The van der Waals surface area contributed by atoms with Crippen LogP contribution in [0.4, 0.5) is 0 Å². The Hall–Kier alpha value is -2.40. The topological polar surface area (TPSA) is 65.5 Å². The predicted molar refractivity (Wildman–Crippen MR) is 91.8 cm³/mol. The van der Waals surface area contributed by atoms with Crippen molar-refractivity contribution < 1.29 is 19.1 Å². The number of pyridine rings is 1. The van der Waals surface area contributed by atoms with Crippen LogP contribution < -0.4 is 0 Å². The van der Waals surface area contributed by atoms with Crippen LogP contribution in [0.2, 0.25) is 5.15 Å². The molecule has 2 rings (SSSR count). The summed E-state index contributed by atoms with van der Waals surface area (Å²) in [4.78, 5) is 27.7. The molecule has 1 unspecified atom stereocenters. The van der Waals surface area contributed by atoms with Gasteiger partial charge in [-0.2, -0.15) is 0 Å². The highest BCUT2D eigenvalue weighted by Gasteiger charge is 2.27. The van der Waals surface area contributed by atoms with Crippen molar-refractivity contribution >= 4 is 34.4 Å². The fourth-order valence-corrected chi connectivity index (χ4v) is 2.69. The van der Waals surface area contributed by atoms with Crippen LogP contribution in [0, 0.1) is 0 Å². The molecule has 1 heterocycles. The molecule has 5 nitrogen and oxygen atoms in total. The van der Waals surface area contributed by atoms with E-state index in [4.69, 9.17) is 16.3 Å². The van der Waals surface area contributed by atoms with Crippen LogP contribution >= 0.6 is 11.6 Å². The number of nitrogens with zero attached hydrogens (tertiary/aromatic N) is 1. The Morgan fingerprint density at radius 3 is 2.67 bits per heavy atom. The molecule has 0 saturated heterocycles. The molecular formula is C18H18ClNO4. The van der Waals surface area contributed by atoms with E-state index in [0.717, 1.165) is 22.9 Å². The highest BCUT2D eigenvalue weighted by atomic mass is 35.5. The summed E-state index contributed by atoms with van der Waals surface area (Å²) in [6, 6.07) is 7.53. The largest absolute Gasteiger partial charge is 0.466 e. The average molecular weight is 348 g/mol. The van der Waals surface area contributed by atoms with E-state index in [9.17, 15) is 9.59 Å². The highest BCUT2D eigenvalue weighted by molar-refractivity contribution is 6.30. The summed E-state index contributed by atoms with van der Waals surface area (Å²) in [6.45, 7) is 6.94. The number of para-hydroxylation sites is 1. The Morgan fingerprint density at radius 1 is 1.38 bits per heavy atom. The zero-order chi connectivity index (χ0) is 17.9. The van der Waals surface area contributed by atoms with Crippen LogP contribution in [0.25, 0.3) is 10.9 Å². The normalized spacial score (nSPS) is 11.8. The molecule has 1 aromatic carbocycles. The number of rotatable bonds is 5. The highest BCUT2D eigenvalue weighted by Crippen LogP contribution is 2.33. The van der Waals surface area contributed by atoms with Gasteiger partial charge in [-0.1, -0.05) is 43.3 Å². The quantitative estimate of drug-likeness (QED) is 0.468. The summed E-state index contributed by atoms with van der Waals surface area (Å²) in [5.74, 6) is -1.25. The van der Waals surface area contributed by atoms with Gasteiger partial charge in [0.1, 0.15) is 5.15 Å². The van der Waals surface area contributed by atoms with E-state index in [1.807, 2.05) is 25.1 Å². The Bertz CT molecular complexity index is 816. The maximum Gasteiger partial charge on any atom is 0.337 e. The smallest absolute Gasteiger partial charge is 0.337 e. The van der Waals surface area contributed by atoms with Crippen molar-refractivity contribution in [1.29, 1.82) is 0 Å². The number of methoxy groups -OCH3 is 1. The first kappa shape index (κ1) is 17.9. The lowest BCUT2D eigenvalue weighted by molar-refractivity contribution is -0.147. The molecule has 126 valence electrons. The molecule has 0 aliphatic carbocycles. The van der Waals surface area contributed by atoms with Gasteiger partial charge in [0.2, 0.25) is 0 Å². The lowest BCUT2D eigenvalue weighted by Crippen LogP contribution is -2.18. The number of fused-ring (bicyclic) bond motifs is 1. The molecule has 6 heteroatoms. The lowest BCUT2D eigenvalue weighted by Gasteiger charge is -2.20. The number of carbonyl (C=O) groups is 2. The number of hydrogen-bond acceptors (Lipinski definition) is 5. The van der Waals surface area contributed by atoms with E-state index in [-0.39, 0.29) is 10.7 Å². The Kier molecular flexibility index (Phi) is 5.57. The first-order valence-electron chi connectivity index (χ1n) is 7.41. The van der Waals surface area contributed by atoms with Gasteiger partial charge in [-0.05, 0) is 18.1 Å². The number of aromatic nitrogens is 1. The molecule has 1 aromatic heterocycles. The van der Waals surface area contributed by atoms with Crippen molar-refractivity contribution in [3.05, 3.63) is 52.7 Å². The zero-order valence-electron chi connectivity index (χ0n) is 13.8. The van der Waals surface area contributed by atoms with Crippen molar-refractivity contribution in [3.8, 4) is 0 Å². The molecule has 2 aromatic rings. The second-order valence-electron chi connectivity index (χ2n) is 5.22. The van der Waals surface area contributed by atoms with Crippen LogP contribution in [0.15, 0.2) is 36.4 Å². The second-order valence-corrected chi connectivity index (χ2v) is 5.58. The summed E-state index contributed by atoms with van der Waals surface area (Å²) in [5.41, 5.74) is 2.20. The molecule has 0 fully saturated rings. The summed E-state index contributed by atoms with van der Waals surface area (Å²) < 4.78 is 9.91. The number of ether oxygens (including phenoxy) is 2. The third-order valence-electron chi connectivity index (χ3n) is 3.62. The number of hydrogen-bond donors (Lipinski definition) is 0. The molecule has 0 saturated carbocycles. The van der Waals surface area contributed by atoms with E-state index in [1.165, 1.54) is 14.0 Å². The monoisotopic (exact) mass is 347 g/mol. The number of halogens is 1. The Morgan fingerprint density at radius 2 is 2.08 bits per heavy atom. The van der Waals surface area contributed by atoms with Gasteiger partial charge in [0.15, 0.2) is 6.10 Å². The van der Waals surface area contributed by atoms with Crippen molar-refractivity contribution in [2.45, 2.75) is 26.4 Å². The fraction of sp³-hybridized carbons (Fsp3) is 0.278. The van der Waals surface area contributed by atoms with Crippen LogP contribution in [0.3, 0.4) is 0 Å². The number of esters is 2. The van der Waals surface area contributed by atoms with E-state index in [0.29, 0.717) is 5.56 Å². The zero-order valence-corrected chi connectivity index (χ0v) is 14.5. The molecule has 0 aliphatic rings. The minimum Gasteiger partial charge on any atom is -0.466 e. The third-order valence-corrected chi connectivity index (χ3v) is 3.92. The Labute approximate surface area is 145 Å². The number of carbonyl (C=O) groups excluding carboxylic acids is 2. The molecule has 0 amide bonds. The van der Waals surface area contributed by atoms with Gasteiger partial charge >= 0.3 is 11.9 Å². The minimum atomic E-state index is -1.05. The van der Waals surface area contributed by atoms with Crippen molar-refractivity contribution in [3.63, 3.8) is 0 Å². The SMILES string of the molecule is C=C(C(OC(C)=O)c1cc2cccc(CC)c2nc1Cl)[12C](=O)OC. The van der Waals surface area contributed by atoms with E-state index in [1.54, 1.807) is 6.07 Å². The minimum absolute atomic E-state index is 0.0256. The maximum atomic E-state index is 11.8. The predicted octanol–water partition coefficient (Wildman–Crippen LogP) is 3.78. The lowest BCUT2D eigenvalue weighted by atomic mass is 10.0. The second kappa shape index (κ2) is 7.45. The molecule has 0 aliphatic heterocycles. The molecule has 0 radical (unpaired) electrons. The first-order chi connectivity index (χ1) is 11.4. The number of benzene rings is 1. The molecule has 0 bridgehead atoms. The fourth-order valence-electron chi connectivity index (χ4n) is 2.45. The van der Waals surface area contributed by atoms with E-state index < -0.39 is 18.0 Å². The van der Waals surface area contributed by atoms with Gasteiger partial charge in [-0.15, -0.1) is 0 Å². The van der Waals surface area contributed by atoms with Gasteiger partial charge in [-0.25, -0.2) is 9.78 Å². The van der Waals surface area contributed by atoms with Crippen LogP contribution in [0.5, 0.6) is 0 Å². The third kappa shape index (κ3) is 3.57. The van der Waals surface area contributed by atoms with Gasteiger partial charge in [-0.3, -0.25) is 4.79 Å². The maximum absolute atomic E-state index is 11.8. The van der Waals surface area contributed by atoms with Gasteiger partial charge in [0, 0.05) is 17.9 Å². The summed E-state index contributed by atoms with van der Waals surface area (Å²) in [7, 11) is 1.23. The van der Waals surface area contributed by atoms with Gasteiger partial charge in [0.25, 0.3) is 0 Å². The van der Waals surface area contributed by atoms with Gasteiger partial charge in [0.05, 0.1) is 18.2 Å². The summed E-state index contributed by atoms with van der Waals surface area (Å²) >= 11 is 6.31. The van der Waals surface area contributed by atoms with Crippen LogP contribution in [-0.2, 0) is 25.5 Å². The van der Waals surface area contributed by atoms with Crippen LogP contribution in [-0.4, -0.2) is 24.0 Å². The van der Waals surface area contributed by atoms with E-state index >= 15 is 0 Å². The standard InChI is InChI=1S/C18H18ClNO4/c1-5-12-7-6-8-13-9-14(17(19)20-15(12)13)16(24-11(3)21)10(2)18(22)23-4/h6-9,16H,2,5H2,1,3-4H3/i18+0. The summed E-state index contributed by atoms with van der Waals surface area (Å²) in [6.07, 6.45) is -0.243. The Balaban J connectivity index is 2.61. The number of aryl methyl sites for hydroxylation is 1. The molecule has 0 spiro atoms. The molecule has 0 N–H and O–H groups in total. The van der Waals surface area contributed by atoms with Crippen LogP contribution in [0.1, 0.15) is 31.1 Å². The summed E-state index contributed by atoms with van der Waals surface area (Å²) in [5, 5.41) is 0.989. The van der Waals surface area contributed by atoms with E-state index in [2.05, 4.69) is 16.3 Å².